The minimum Gasteiger partial charge on any atom is -0.495 e. The smallest absolute Gasteiger partial charge is 0.311 e. The fourth-order valence-electron chi connectivity index (χ4n) is 3.52. The molecule has 0 unspecified atom stereocenters. The molecule has 1 atom stereocenters. The van der Waals surface area contributed by atoms with E-state index in [1.54, 1.807) is 24.1 Å². The Balaban J connectivity index is 1.39. The average Bonchev–Trinajstić information content (AvgIpc) is 3.19. The topological polar surface area (TPSA) is 133 Å². The molecule has 3 aromatic rings. The fourth-order valence-corrected chi connectivity index (χ4v) is 3.52. The number of hydrogen-bond acceptors (Lipinski definition) is 9. The summed E-state index contributed by atoms with van der Waals surface area (Å²) in [4.78, 5) is 39.0. The van der Waals surface area contributed by atoms with Gasteiger partial charge in [0.05, 0.1) is 18.7 Å². The standard InChI is InChI=1S/C23H24N6O4/c1-14-7-9-16(10-8-14)29-12-15(11-20(29)30)21(31)33-13-19-26-22(24)28-23(27-19)25-17-5-3-4-6-18(17)32-2/h3-10,15H,11-13H2,1-2H3,(H3,24,25,26,27,28)/t15-/m1/s1. The number of ether oxygens (including phenoxy) is 2. The van der Waals surface area contributed by atoms with Crippen molar-refractivity contribution in [1.82, 2.24) is 15.0 Å². The maximum absolute atomic E-state index is 12.6. The van der Waals surface area contributed by atoms with Gasteiger partial charge in [0.2, 0.25) is 17.8 Å². The van der Waals surface area contributed by atoms with Crippen molar-refractivity contribution < 1.29 is 19.1 Å². The Labute approximate surface area is 190 Å². The summed E-state index contributed by atoms with van der Waals surface area (Å²) in [7, 11) is 1.56. The number of nitrogens with one attached hydrogen (secondary N) is 1. The molecule has 1 aliphatic heterocycles. The van der Waals surface area contributed by atoms with Crippen molar-refractivity contribution in [3.05, 3.63) is 59.9 Å². The van der Waals surface area contributed by atoms with Gasteiger partial charge in [-0.25, -0.2) is 0 Å². The first kappa shape index (κ1) is 22.0. The number of hydrogen-bond donors (Lipinski definition) is 2. The minimum absolute atomic E-state index is 0.0185. The van der Waals surface area contributed by atoms with Crippen LogP contribution >= 0.6 is 0 Å². The highest BCUT2D eigenvalue weighted by Crippen LogP contribution is 2.27. The number of nitrogen functional groups attached to an aromatic ring is 1. The van der Waals surface area contributed by atoms with E-state index in [1.807, 2.05) is 43.3 Å². The highest BCUT2D eigenvalue weighted by atomic mass is 16.5. The first-order chi connectivity index (χ1) is 15.9. The quantitative estimate of drug-likeness (QED) is 0.523. The molecule has 1 aromatic heterocycles. The van der Waals surface area contributed by atoms with E-state index in [-0.39, 0.29) is 43.2 Å². The Bertz CT molecular complexity index is 1170. The Morgan fingerprint density at radius 2 is 1.91 bits per heavy atom. The number of carbonyl (C=O) groups excluding carboxylic acids is 2. The van der Waals surface area contributed by atoms with Crippen LogP contribution in [-0.4, -0.2) is 40.5 Å². The second-order valence-electron chi connectivity index (χ2n) is 7.61. The summed E-state index contributed by atoms with van der Waals surface area (Å²) in [5.74, 6) is -0.204. The molecule has 1 saturated heterocycles. The van der Waals surface area contributed by atoms with Crippen LogP contribution < -0.4 is 20.7 Å². The molecule has 170 valence electrons. The number of para-hydroxylation sites is 2. The molecule has 1 aliphatic rings. The monoisotopic (exact) mass is 448 g/mol. The number of anilines is 4. The molecular formula is C23H24N6O4. The zero-order valence-corrected chi connectivity index (χ0v) is 18.3. The van der Waals surface area contributed by atoms with E-state index in [0.29, 0.717) is 11.4 Å². The number of aromatic nitrogens is 3. The van der Waals surface area contributed by atoms with Gasteiger partial charge in [-0.05, 0) is 31.2 Å². The highest BCUT2D eigenvalue weighted by molar-refractivity contribution is 5.99. The molecule has 0 radical (unpaired) electrons. The van der Waals surface area contributed by atoms with Crippen LogP contribution in [0, 0.1) is 12.8 Å². The van der Waals surface area contributed by atoms with Gasteiger partial charge in [-0.15, -0.1) is 0 Å². The third-order valence-corrected chi connectivity index (χ3v) is 5.20. The largest absolute Gasteiger partial charge is 0.495 e. The van der Waals surface area contributed by atoms with Crippen LogP contribution in [0.25, 0.3) is 0 Å². The van der Waals surface area contributed by atoms with Gasteiger partial charge < -0.3 is 25.4 Å². The number of aryl methyl sites for hydroxylation is 1. The number of esters is 1. The molecule has 0 spiro atoms. The van der Waals surface area contributed by atoms with Gasteiger partial charge >= 0.3 is 5.97 Å². The Morgan fingerprint density at radius 3 is 2.67 bits per heavy atom. The molecule has 33 heavy (non-hydrogen) atoms. The van der Waals surface area contributed by atoms with Crippen molar-refractivity contribution in [3.63, 3.8) is 0 Å². The molecule has 0 aliphatic carbocycles. The molecular weight excluding hydrogens is 424 g/mol. The van der Waals surface area contributed by atoms with E-state index < -0.39 is 11.9 Å². The number of methoxy groups -OCH3 is 1. The predicted molar refractivity (Wildman–Crippen MR) is 122 cm³/mol. The summed E-state index contributed by atoms with van der Waals surface area (Å²) in [6.45, 7) is 2.04. The predicted octanol–water partition coefficient (Wildman–Crippen LogP) is 2.61. The second kappa shape index (κ2) is 9.51. The highest BCUT2D eigenvalue weighted by Gasteiger charge is 2.36. The SMILES string of the molecule is COc1ccccc1Nc1nc(N)nc(COC(=O)[C@@H]2CC(=O)N(c3ccc(C)cc3)C2)n1. The van der Waals surface area contributed by atoms with Crippen molar-refractivity contribution in [2.45, 2.75) is 20.0 Å². The molecule has 10 nitrogen and oxygen atoms in total. The number of nitrogens with zero attached hydrogens (tertiary/aromatic N) is 4. The van der Waals surface area contributed by atoms with Crippen LogP contribution in [0.3, 0.4) is 0 Å². The first-order valence-electron chi connectivity index (χ1n) is 10.4. The number of rotatable bonds is 7. The van der Waals surface area contributed by atoms with E-state index in [2.05, 4.69) is 20.3 Å². The van der Waals surface area contributed by atoms with Crippen LogP contribution in [0.1, 0.15) is 17.8 Å². The van der Waals surface area contributed by atoms with Crippen LogP contribution in [0.5, 0.6) is 5.75 Å². The van der Waals surface area contributed by atoms with Crippen molar-refractivity contribution >= 4 is 35.1 Å². The molecule has 2 aromatic carbocycles. The lowest BCUT2D eigenvalue weighted by molar-refractivity contribution is -0.149. The average molecular weight is 448 g/mol. The van der Waals surface area contributed by atoms with Gasteiger partial charge in [-0.3, -0.25) is 9.59 Å². The van der Waals surface area contributed by atoms with Crippen molar-refractivity contribution in [2.24, 2.45) is 5.92 Å². The molecule has 3 N–H and O–H groups in total. The third kappa shape index (κ3) is 5.17. The van der Waals surface area contributed by atoms with E-state index >= 15 is 0 Å². The molecule has 2 heterocycles. The van der Waals surface area contributed by atoms with Gasteiger partial charge in [0.25, 0.3) is 0 Å². The summed E-state index contributed by atoms with van der Waals surface area (Å²) < 4.78 is 10.7. The third-order valence-electron chi connectivity index (χ3n) is 5.20. The molecule has 4 rings (SSSR count). The Morgan fingerprint density at radius 1 is 1.15 bits per heavy atom. The fraction of sp³-hybridized carbons (Fsp3) is 0.261. The summed E-state index contributed by atoms with van der Waals surface area (Å²) in [5, 5.41) is 3.02. The molecule has 10 heteroatoms. The Hall–Kier alpha value is -4.21. The lowest BCUT2D eigenvalue weighted by atomic mass is 10.1. The summed E-state index contributed by atoms with van der Waals surface area (Å²) in [6.07, 6.45) is 0.0899. The lowest BCUT2D eigenvalue weighted by Gasteiger charge is -2.16. The van der Waals surface area contributed by atoms with Crippen LogP contribution in [-0.2, 0) is 20.9 Å². The summed E-state index contributed by atoms with van der Waals surface area (Å²) in [5.41, 5.74) is 8.30. The van der Waals surface area contributed by atoms with Gasteiger partial charge in [0.15, 0.2) is 12.4 Å². The van der Waals surface area contributed by atoms with Gasteiger partial charge in [0, 0.05) is 18.7 Å². The van der Waals surface area contributed by atoms with Gasteiger partial charge in [-0.1, -0.05) is 29.8 Å². The van der Waals surface area contributed by atoms with Crippen LogP contribution in [0.15, 0.2) is 48.5 Å². The van der Waals surface area contributed by atoms with Gasteiger partial charge in [0.1, 0.15) is 5.75 Å². The molecule has 1 amide bonds. The second-order valence-corrected chi connectivity index (χ2v) is 7.61. The van der Waals surface area contributed by atoms with E-state index in [4.69, 9.17) is 15.2 Å². The summed E-state index contributed by atoms with van der Waals surface area (Å²) >= 11 is 0. The van der Waals surface area contributed by atoms with Crippen LogP contribution in [0.2, 0.25) is 0 Å². The summed E-state index contributed by atoms with van der Waals surface area (Å²) in [6, 6.07) is 14.8. The lowest BCUT2D eigenvalue weighted by Crippen LogP contribution is -2.26. The van der Waals surface area contributed by atoms with Crippen molar-refractivity contribution in [2.75, 3.05) is 29.6 Å². The zero-order chi connectivity index (χ0) is 23.4. The van der Waals surface area contributed by atoms with E-state index in [9.17, 15) is 9.59 Å². The van der Waals surface area contributed by atoms with Gasteiger partial charge in [-0.2, -0.15) is 15.0 Å². The van der Waals surface area contributed by atoms with E-state index in [0.717, 1.165) is 11.3 Å². The number of nitrogens with two attached hydrogens (primary N) is 1. The molecule has 0 bridgehead atoms. The zero-order valence-electron chi connectivity index (χ0n) is 18.3. The number of carbonyl (C=O) groups is 2. The number of amides is 1. The normalized spacial score (nSPS) is 15.4. The first-order valence-corrected chi connectivity index (χ1v) is 10.4. The Kier molecular flexibility index (Phi) is 6.34. The van der Waals surface area contributed by atoms with Crippen molar-refractivity contribution in [1.29, 1.82) is 0 Å². The maximum atomic E-state index is 12.6. The van der Waals surface area contributed by atoms with Crippen molar-refractivity contribution in [3.8, 4) is 5.75 Å². The number of benzene rings is 2. The molecule has 0 saturated carbocycles. The van der Waals surface area contributed by atoms with Crippen LogP contribution in [0.4, 0.5) is 23.3 Å². The van der Waals surface area contributed by atoms with E-state index in [1.165, 1.54) is 0 Å². The maximum Gasteiger partial charge on any atom is 0.311 e. The minimum atomic E-state index is -0.566. The molecule has 1 fully saturated rings.